The zero-order chi connectivity index (χ0) is 27.1. The summed E-state index contributed by atoms with van der Waals surface area (Å²) in [5, 5.41) is 18.0. The van der Waals surface area contributed by atoms with Crippen molar-refractivity contribution < 1.29 is 19.1 Å². The summed E-state index contributed by atoms with van der Waals surface area (Å²) in [7, 11) is 5.49. The van der Waals surface area contributed by atoms with Crippen LogP contribution in [0.1, 0.15) is 51.6 Å². The average Bonchev–Trinajstić information content (AvgIpc) is 3.51. The van der Waals surface area contributed by atoms with Crippen LogP contribution in [0.3, 0.4) is 0 Å². The molecular weight excluding hydrogens is 531 g/mol. The number of rotatable bonds is 6. The van der Waals surface area contributed by atoms with Crippen LogP contribution in [0.2, 0.25) is 5.02 Å². The summed E-state index contributed by atoms with van der Waals surface area (Å²) >= 11 is 7.31. The quantitative estimate of drug-likeness (QED) is 0.344. The number of likely N-dealkylation sites (N-methyl/N-ethyl adjacent to an activating group) is 1. The van der Waals surface area contributed by atoms with E-state index in [2.05, 4.69) is 25.5 Å². The molecule has 9 nitrogen and oxygen atoms in total. The van der Waals surface area contributed by atoms with Crippen molar-refractivity contribution in [1.82, 2.24) is 30.4 Å². The third-order valence-corrected chi connectivity index (χ3v) is 8.82. The minimum absolute atomic E-state index is 0.00710. The Morgan fingerprint density at radius 2 is 2.11 bits per heavy atom. The van der Waals surface area contributed by atoms with Crippen LogP contribution in [0.15, 0.2) is 18.2 Å². The predicted molar refractivity (Wildman–Crippen MR) is 145 cm³/mol. The molecule has 0 radical (unpaired) electrons. The average molecular weight is 563 g/mol. The van der Waals surface area contributed by atoms with Gasteiger partial charge < -0.3 is 25.2 Å². The first-order valence-electron chi connectivity index (χ1n) is 12.7. The minimum Gasteiger partial charge on any atom is -0.373 e. The molecule has 204 valence electrons. The highest BCUT2D eigenvalue weighted by molar-refractivity contribution is 7.13. The van der Waals surface area contributed by atoms with Crippen LogP contribution in [0.5, 0.6) is 0 Å². The molecule has 1 aliphatic heterocycles. The topological polar surface area (TPSA) is 114 Å². The van der Waals surface area contributed by atoms with E-state index in [1.54, 1.807) is 25.1 Å². The number of aliphatic hydroxyl groups is 1. The van der Waals surface area contributed by atoms with Crippen molar-refractivity contribution in [2.45, 2.75) is 50.5 Å². The first-order chi connectivity index (χ1) is 18.1. The van der Waals surface area contributed by atoms with Crippen molar-refractivity contribution in [2.75, 3.05) is 27.7 Å². The molecule has 38 heavy (non-hydrogen) atoms. The second-order valence-electron chi connectivity index (χ2n) is 10.4. The number of aromatic amines is 1. The van der Waals surface area contributed by atoms with Gasteiger partial charge in [-0.3, -0.25) is 14.9 Å². The summed E-state index contributed by atoms with van der Waals surface area (Å²) in [6.45, 7) is 1.68. The molecule has 2 aliphatic rings. The molecule has 3 heterocycles. The second-order valence-corrected chi connectivity index (χ2v) is 11.9. The normalized spacial score (nSPS) is 22.7. The van der Waals surface area contributed by atoms with Crippen molar-refractivity contribution in [3.05, 3.63) is 50.3 Å². The number of aliphatic hydroxyl groups excluding tert-OH is 1. The molecule has 1 aliphatic carbocycles. The van der Waals surface area contributed by atoms with Crippen LogP contribution < -0.4 is 10.6 Å². The number of hydrogen-bond donors (Lipinski definition) is 4. The van der Waals surface area contributed by atoms with Gasteiger partial charge in [-0.1, -0.05) is 11.6 Å². The highest BCUT2D eigenvalue weighted by Gasteiger charge is 2.37. The summed E-state index contributed by atoms with van der Waals surface area (Å²) in [6.07, 6.45) is 1.27. The van der Waals surface area contributed by atoms with Crippen LogP contribution in [0.25, 0.3) is 10.9 Å². The smallest absolute Gasteiger partial charge is 0.280 e. The maximum absolute atomic E-state index is 14.4. The van der Waals surface area contributed by atoms with Gasteiger partial charge >= 0.3 is 0 Å². The van der Waals surface area contributed by atoms with E-state index in [4.69, 9.17) is 11.6 Å². The highest BCUT2D eigenvalue weighted by Crippen LogP contribution is 2.31. The van der Waals surface area contributed by atoms with Gasteiger partial charge in [-0.05, 0) is 44.5 Å². The largest absolute Gasteiger partial charge is 0.373 e. The Balaban J connectivity index is 1.34. The molecule has 4 atom stereocenters. The lowest BCUT2D eigenvalue weighted by Crippen LogP contribution is -2.55. The third kappa shape index (κ3) is 5.43. The fraction of sp³-hybridized carbons (Fsp3) is 0.500. The first kappa shape index (κ1) is 27.0. The Labute approximate surface area is 229 Å². The number of nitrogens with one attached hydrogen (secondary N) is 3. The SMILES string of the molecule is CN1CCc2nc(C(=O)N[C@@H]3C[C@@H](C(=O)N(C)C)CC[C@@H]3NC(O)c3cc4c(F)c(Cl)ccc4[nH]3)sc2C1. The molecule has 3 aromatic rings. The highest BCUT2D eigenvalue weighted by atomic mass is 35.5. The lowest BCUT2D eigenvalue weighted by molar-refractivity contribution is -0.134. The van der Waals surface area contributed by atoms with Gasteiger partial charge in [0.2, 0.25) is 5.91 Å². The van der Waals surface area contributed by atoms with Crippen molar-refractivity contribution in [2.24, 2.45) is 5.92 Å². The summed E-state index contributed by atoms with van der Waals surface area (Å²) in [4.78, 5) is 38.5. The van der Waals surface area contributed by atoms with Gasteiger partial charge in [0.1, 0.15) is 6.23 Å². The van der Waals surface area contributed by atoms with E-state index in [-0.39, 0.29) is 34.2 Å². The second kappa shape index (κ2) is 10.9. The van der Waals surface area contributed by atoms with Crippen molar-refractivity contribution in [1.29, 1.82) is 0 Å². The minimum atomic E-state index is -1.14. The molecule has 1 unspecified atom stereocenters. The van der Waals surface area contributed by atoms with E-state index in [1.807, 2.05) is 7.05 Å². The van der Waals surface area contributed by atoms with Gasteiger partial charge in [-0.15, -0.1) is 11.3 Å². The molecule has 2 aromatic heterocycles. The fourth-order valence-corrected chi connectivity index (χ4v) is 6.63. The first-order valence-corrected chi connectivity index (χ1v) is 13.9. The monoisotopic (exact) mass is 562 g/mol. The molecular formula is C26H32ClFN6O3S. The molecule has 12 heteroatoms. The number of halogens is 2. The van der Waals surface area contributed by atoms with Crippen LogP contribution in [0.4, 0.5) is 4.39 Å². The Morgan fingerprint density at radius 1 is 1.32 bits per heavy atom. The number of carbonyl (C=O) groups excluding carboxylic acids is 2. The number of amides is 2. The number of nitrogens with zero attached hydrogens (tertiary/aromatic N) is 3. The standard InChI is InChI=1S/C26H32ClFN6O3S/c1-33(2)26(37)13-4-6-17(30-23(35)20-11-14-16(29-20)7-5-15(27)22(14)28)19(10-13)31-24(36)25-32-18-8-9-34(3)12-21(18)38-25/h5,7,11,13,17,19,23,29-30,35H,4,6,8-10,12H2,1-3H3,(H,31,36)/t13-,17-,19+,23?/m0/s1. The van der Waals surface area contributed by atoms with Gasteiger partial charge in [0.15, 0.2) is 10.8 Å². The Hall–Kier alpha value is -2.57. The number of H-pyrrole nitrogens is 1. The number of aromatic nitrogens is 2. The molecule has 1 fully saturated rings. The van der Waals surface area contributed by atoms with Gasteiger partial charge in [-0.2, -0.15) is 0 Å². The summed E-state index contributed by atoms with van der Waals surface area (Å²) < 4.78 is 14.4. The Kier molecular flexibility index (Phi) is 7.74. The van der Waals surface area contributed by atoms with E-state index in [0.29, 0.717) is 35.5 Å². The van der Waals surface area contributed by atoms with Crippen LogP contribution in [-0.4, -0.2) is 76.5 Å². The van der Waals surface area contributed by atoms with Gasteiger partial charge in [0, 0.05) is 67.4 Å². The van der Waals surface area contributed by atoms with E-state index in [1.165, 1.54) is 23.5 Å². The van der Waals surface area contributed by atoms with Crippen molar-refractivity contribution in [3.63, 3.8) is 0 Å². The van der Waals surface area contributed by atoms with E-state index in [9.17, 15) is 19.1 Å². The molecule has 0 bridgehead atoms. The van der Waals surface area contributed by atoms with Crippen molar-refractivity contribution >= 4 is 45.7 Å². The molecule has 4 N–H and O–H groups in total. The van der Waals surface area contributed by atoms with Crippen LogP contribution in [0, 0.1) is 11.7 Å². The molecule has 2 amide bonds. The molecule has 0 spiro atoms. The number of benzene rings is 1. The van der Waals surface area contributed by atoms with Crippen molar-refractivity contribution in [3.8, 4) is 0 Å². The maximum Gasteiger partial charge on any atom is 0.280 e. The Bertz CT molecular complexity index is 1360. The number of fused-ring (bicyclic) bond motifs is 2. The Morgan fingerprint density at radius 3 is 2.87 bits per heavy atom. The maximum atomic E-state index is 14.4. The zero-order valence-electron chi connectivity index (χ0n) is 21.6. The van der Waals surface area contributed by atoms with Gasteiger partial charge in [0.05, 0.1) is 16.4 Å². The molecule has 1 aromatic carbocycles. The molecule has 0 saturated heterocycles. The van der Waals surface area contributed by atoms with Gasteiger partial charge in [0.25, 0.3) is 5.91 Å². The number of thiazole rings is 1. The van der Waals surface area contributed by atoms with Crippen LogP contribution in [-0.2, 0) is 17.8 Å². The lowest BCUT2D eigenvalue weighted by Gasteiger charge is -2.38. The summed E-state index contributed by atoms with van der Waals surface area (Å²) in [5.41, 5.74) is 1.87. The zero-order valence-corrected chi connectivity index (χ0v) is 23.1. The van der Waals surface area contributed by atoms with E-state index in [0.717, 1.165) is 30.1 Å². The molecule has 1 saturated carbocycles. The predicted octanol–water partition coefficient (Wildman–Crippen LogP) is 3.04. The van der Waals surface area contributed by atoms with E-state index >= 15 is 0 Å². The summed E-state index contributed by atoms with van der Waals surface area (Å²) in [6, 6.07) is 3.91. The third-order valence-electron chi connectivity index (χ3n) is 7.45. The number of carbonyl (C=O) groups is 2. The number of hydrogen-bond acceptors (Lipinski definition) is 7. The summed E-state index contributed by atoms with van der Waals surface area (Å²) in [5.74, 6) is -1.06. The lowest BCUT2D eigenvalue weighted by atomic mass is 9.81. The van der Waals surface area contributed by atoms with Crippen LogP contribution >= 0.6 is 22.9 Å². The molecule has 5 rings (SSSR count). The van der Waals surface area contributed by atoms with Gasteiger partial charge in [-0.25, -0.2) is 9.37 Å². The van der Waals surface area contributed by atoms with E-state index < -0.39 is 18.1 Å². The fourth-order valence-electron chi connectivity index (χ4n) is 5.37.